The molecule has 0 spiro atoms. The van der Waals surface area contributed by atoms with Crippen LogP contribution in [0.1, 0.15) is 23.7 Å². The van der Waals surface area contributed by atoms with Crippen LogP contribution in [0.25, 0.3) is 0 Å². The molecule has 0 saturated carbocycles. The van der Waals surface area contributed by atoms with Gasteiger partial charge in [0.1, 0.15) is 5.75 Å². The van der Waals surface area contributed by atoms with Crippen LogP contribution >= 0.6 is 0 Å². The lowest BCUT2D eigenvalue weighted by Gasteiger charge is -2.11. The molecule has 0 bridgehead atoms. The molecule has 0 aliphatic carbocycles. The van der Waals surface area contributed by atoms with Gasteiger partial charge in [-0.25, -0.2) is 8.42 Å². The summed E-state index contributed by atoms with van der Waals surface area (Å²) >= 11 is 0. The Kier molecular flexibility index (Phi) is 5.78. The molecule has 0 atom stereocenters. The molecule has 0 heterocycles. The number of aromatic hydroxyl groups is 1. The van der Waals surface area contributed by atoms with Crippen molar-refractivity contribution < 1.29 is 23.2 Å². The van der Waals surface area contributed by atoms with Gasteiger partial charge < -0.3 is 10.4 Å². The highest BCUT2D eigenvalue weighted by atomic mass is 32.2. The number of hydrogen-bond acceptors (Lipinski definition) is 6. The second-order valence-corrected chi connectivity index (χ2v) is 7.03. The molecule has 0 aliphatic heterocycles. The number of nitro benzene ring substituents is 1. The van der Waals surface area contributed by atoms with Gasteiger partial charge in [0.05, 0.1) is 15.4 Å². The predicted octanol–water partition coefficient (Wildman–Crippen LogP) is 2.24. The highest BCUT2D eigenvalue weighted by molar-refractivity contribution is 7.92. The highest BCUT2D eigenvalue weighted by Crippen LogP contribution is 2.25. The van der Waals surface area contributed by atoms with E-state index < -0.39 is 20.9 Å². The van der Waals surface area contributed by atoms with Crippen LogP contribution in [-0.4, -0.2) is 30.9 Å². The number of benzene rings is 2. The van der Waals surface area contributed by atoms with E-state index in [0.717, 1.165) is 6.07 Å². The third-order valence-corrected chi connectivity index (χ3v) is 4.75. The lowest BCUT2D eigenvalue weighted by Crippen LogP contribution is -2.24. The number of rotatable bonds is 7. The van der Waals surface area contributed by atoms with Gasteiger partial charge >= 0.3 is 0 Å². The molecule has 3 N–H and O–H groups in total. The van der Waals surface area contributed by atoms with Crippen LogP contribution in [0.4, 0.5) is 11.4 Å². The zero-order valence-corrected chi connectivity index (χ0v) is 14.6. The summed E-state index contributed by atoms with van der Waals surface area (Å²) < 4.78 is 27.1. The summed E-state index contributed by atoms with van der Waals surface area (Å²) in [5.74, 6) is -0.836. The topological polar surface area (TPSA) is 139 Å². The Bertz CT molecular complexity index is 943. The Morgan fingerprint density at radius 3 is 2.62 bits per heavy atom. The molecule has 0 aliphatic rings. The van der Waals surface area contributed by atoms with Crippen molar-refractivity contribution in [3.8, 4) is 5.75 Å². The van der Waals surface area contributed by atoms with Gasteiger partial charge in [-0.3, -0.25) is 19.6 Å². The molecule has 1 amide bonds. The molecule has 0 unspecified atom stereocenters. The number of nitrogens with one attached hydrogen (secondary N) is 2. The Hall–Kier alpha value is -3.14. The number of phenolic OH excluding ortho intramolecular Hbond substituents is 1. The average Bonchev–Trinajstić information content (AvgIpc) is 2.61. The number of nitro groups is 1. The quantitative estimate of drug-likeness (QED) is 0.383. The summed E-state index contributed by atoms with van der Waals surface area (Å²) in [5.41, 5.74) is -0.410. The molecule has 0 saturated heterocycles. The van der Waals surface area contributed by atoms with Crippen LogP contribution in [-0.2, 0) is 10.0 Å². The van der Waals surface area contributed by atoms with Crippen molar-refractivity contribution in [2.24, 2.45) is 0 Å². The Morgan fingerprint density at radius 1 is 1.23 bits per heavy atom. The first-order chi connectivity index (χ1) is 12.2. The number of anilines is 1. The van der Waals surface area contributed by atoms with Crippen LogP contribution < -0.4 is 10.0 Å². The van der Waals surface area contributed by atoms with E-state index in [2.05, 4.69) is 10.0 Å². The molecular weight excluding hydrogens is 362 g/mol. The molecule has 0 aromatic heterocycles. The van der Waals surface area contributed by atoms with E-state index in [-0.39, 0.29) is 27.6 Å². The number of carbonyl (C=O) groups is 1. The van der Waals surface area contributed by atoms with Gasteiger partial charge in [-0.1, -0.05) is 13.0 Å². The van der Waals surface area contributed by atoms with Gasteiger partial charge in [-0.15, -0.1) is 0 Å². The SMILES string of the molecule is CCCNC(=O)c1cc(NS(=O)(=O)c2cccc([N+](=O)[O-])c2)ccc1O. The Labute approximate surface area is 149 Å². The second-order valence-electron chi connectivity index (χ2n) is 5.35. The summed E-state index contributed by atoms with van der Waals surface area (Å²) in [6.45, 7) is 2.27. The number of phenols is 1. The van der Waals surface area contributed by atoms with Gasteiger partial charge in [0.15, 0.2) is 0 Å². The number of hydrogen-bond donors (Lipinski definition) is 3. The molecule has 10 heteroatoms. The Balaban J connectivity index is 2.31. The van der Waals surface area contributed by atoms with E-state index in [1.165, 1.54) is 36.4 Å². The van der Waals surface area contributed by atoms with Crippen molar-refractivity contribution in [3.05, 3.63) is 58.1 Å². The van der Waals surface area contributed by atoms with E-state index in [0.29, 0.717) is 13.0 Å². The van der Waals surface area contributed by atoms with E-state index in [9.17, 15) is 28.4 Å². The molecule has 26 heavy (non-hydrogen) atoms. The van der Waals surface area contributed by atoms with Crippen molar-refractivity contribution in [2.45, 2.75) is 18.2 Å². The lowest BCUT2D eigenvalue weighted by atomic mass is 10.1. The minimum absolute atomic E-state index is 0.0379. The van der Waals surface area contributed by atoms with Gasteiger partial charge in [-0.05, 0) is 30.7 Å². The first-order valence-corrected chi connectivity index (χ1v) is 9.11. The highest BCUT2D eigenvalue weighted by Gasteiger charge is 2.19. The predicted molar refractivity (Wildman–Crippen MR) is 94.6 cm³/mol. The molecular formula is C16H17N3O6S. The number of nitrogens with zero attached hydrogens (tertiary/aromatic N) is 1. The smallest absolute Gasteiger partial charge is 0.270 e. The molecule has 138 valence electrons. The van der Waals surface area contributed by atoms with Crippen LogP contribution in [0.5, 0.6) is 5.75 Å². The molecule has 2 aromatic carbocycles. The largest absolute Gasteiger partial charge is 0.507 e. The molecule has 9 nitrogen and oxygen atoms in total. The van der Waals surface area contributed by atoms with Crippen molar-refractivity contribution >= 4 is 27.3 Å². The van der Waals surface area contributed by atoms with Crippen molar-refractivity contribution in [3.63, 3.8) is 0 Å². The van der Waals surface area contributed by atoms with Crippen molar-refractivity contribution in [2.75, 3.05) is 11.3 Å². The van der Waals surface area contributed by atoms with E-state index in [1.54, 1.807) is 0 Å². The molecule has 0 fully saturated rings. The van der Waals surface area contributed by atoms with Crippen molar-refractivity contribution in [1.29, 1.82) is 0 Å². The fraction of sp³-hybridized carbons (Fsp3) is 0.188. The average molecular weight is 379 g/mol. The zero-order valence-electron chi connectivity index (χ0n) is 13.8. The van der Waals surface area contributed by atoms with Gasteiger partial charge in [0, 0.05) is 24.4 Å². The zero-order chi connectivity index (χ0) is 19.3. The van der Waals surface area contributed by atoms with Crippen LogP contribution in [0.2, 0.25) is 0 Å². The summed E-state index contributed by atoms with van der Waals surface area (Å²) in [6, 6.07) is 8.23. The molecule has 0 radical (unpaired) electrons. The fourth-order valence-corrected chi connectivity index (χ4v) is 3.18. The third kappa shape index (κ3) is 4.48. The third-order valence-electron chi connectivity index (χ3n) is 3.37. The standard InChI is InChI=1S/C16H17N3O6S/c1-2-8-17-16(21)14-9-11(6-7-15(14)20)18-26(24,25)13-5-3-4-12(10-13)19(22)23/h3-7,9-10,18,20H,2,8H2,1H3,(H,17,21). The minimum Gasteiger partial charge on any atom is -0.507 e. The number of amides is 1. The maximum absolute atomic E-state index is 12.4. The first kappa shape index (κ1) is 19.2. The normalized spacial score (nSPS) is 11.0. The van der Waals surface area contributed by atoms with Crippen LogP contribution in [0.3, 0.4) is 0 Å². The van der Waals surface area contributed by atoms with E-state index >= 15 is 0 Å². The van der Waals surface area contributed by atoms with E-state index in [1.807, 2.05) is 6.92 Å². The Morgan fingerprint density at radius 2 is 1.96 bits per heavy atom. The second kappa shape index (κ2) is 7.83. The van der Waals surface area contributed by atoms with Crippen molar-refractivity contribution in [1.82, 2.24) is 5.32 Å². The number of sulfonamides is 1. The van der Waals surface area contributed by atoms with Crippen LogP contribution in [0.15, 0.2) is 47.4 Å². The fourth-order valence-electron chi connectivity index (χ4n) is 2.09. The maximum Gasteiger partial charge on any atom is 0.270 e. The first-order valence-electron chi connectivity index (χ1n) is 7.63. The summed E-state index contributed by atoms with van der Waals surface area (Å²) in [7, 11) is -4.11. The summed E-state index contributed by atoms with van der Waals surface area (Å²) in [5, 5.41) is 23.2. The number of carbonyl (C=O) groups excluding carboxylic acids is 1. The van der Waals surface area contributed by atoms with Gasteiger partial charge in [-0.2, -0.15) is 0 Å². The summed E-state index contributed by atoms with van der Waals surface area (Å²) in [4.78, 5) is 21.8. The number of non-ortho nitro benzene ring substituents is 1. The van der Waals surface area contributed by atoms with E-state index in [4.69, 9.17) is 0 Å². The molecule has 2 rings (SSSR count). The maximum atomic E-state index is 12.4. The summed E-state index contributed by atoms with van der Waals surface area (Å²) in [6.07, 6.45) is 0.700. The van der Waals surface area contributed by atoms with Gasteiger partial charge in [0.2, 0.25) is 0 Å². The minimum atomic E-state index is -4.11. The monoisotopic (exact) mass is 379 g/mol. The lowest BCUT2D eigenvalue weighted by molar-refractivity contribution is -0.385. The molecule has 2 aromatic rings. The van der Waals surface area contributed by atoms with Gasteiger partial charge in [0.25, 0.3) is 21.6 Å². The van der Waals surface area contributed by atoms with Crippen LogP contribution in [0, 0.1) is 10.1 Å².